The molecule has 5 nitrogen and oxygen atoms in total. The number of carbonyl (C=O) groups excluding carboxylic acids is 2. The van der Waals surface area contributed by atoms with E-state index < -0.39 is 0 Å². The van der Waals surface area contributed by atoms with Crippen LogP contribution in [0.1, 0.15) is 44.9 Å². The van der Waals surface area contributed by atoms with Gasteiger partial charge in [-0.25, -0.2) is 0 Å². The molecule has 1 aliphatic rings. The van der Waals surface area contributed by atoms with E-state index >= 15 is 0 Å². The maximum absolute atomic E-state index is 11.9. The lowest BCUT2D eigenvalue weighted by Gasteiger charge is -2.20. The molecule has 5 heteroatoms. The molecule has 0 bridgehead atoms. The fourth-order valence-electron chi connectivity index (χ4n) is 2.53. The lowest BCUT2D eigenvalue weighted by molar-refractivity contribution is -0.681. The third-order valence-corrected chi connectivity index (χ3v) is 3.86. The topological polar surface area (TPSA) is 66.0 Å². The minimum Gasteiger partial charge on any atom is -0.358 e. The number of nitrogens with zero attached hydrogens (tertiary/aromatic N) is 1. The van der Waals surface area contributed by atoms with Crippen LogP contribution in [-0.2, 0) is 9.59 Å². The summed E-state index contributed by atoms with van der Waals surface area (Å²) in [6.45, 7) is 0.603. The van der Waals surface area contributed by atoms with Crippen LogP contribution in [0.15, 0.2) is 0 Å². The number of rotatable bonds is 5. The maximum atomic E-state index is 11.9. The first kappa shape index (κ1) is 16.0. The number of nitrogens with one attached hydrogen (secondary N) is 1. The summed E-state index contributed by atoms with van der Waals surface area (Å²) >= 11 is 0. The molecule has 1 fully saturated rings. The van der Waals surface area contributed by atoms with Crippen molar-refractivity contribution in [1.82, 2.24) is 10.2 Å². The molecule has 0 radical (unpaired) electrons. The SMILES string of the molecule is CNC(=O)CN(C)C(=O)C[NH2+]C1CCCCCCC1. The molecule has 0 spiro atoms. The zero-order valence-corrected chi connectivity index (χ0v) is 12.3. The molecule has 0 aromatic rings. The normalized spacial score (nSPS) is 17.4. The zero-order chi connectivity index (χ0) is 14.1. The Morgan fingerprint density at radius 3 is 2.32 bits per heavy atom. The predicted molar refractivity (Wildman–Crippen MR) is 74.6 cm³/mol. The molecular weight excluding hydrogens is 242 g/mol. The Kier molecular flexibility index (Phi) is 7.48. The average molecular weight is 270 g/mol. The van der Waals surface area contributed by atoms with Crippen LogP contribution in [-0.4, -0.2) is 49.9 Å². The highest BCUT2D eigenvalue weighted by molar-refractivity contribution is 5.84. The van der Waals surface area contributed by atoms with Crippen molar-refractivity contribution in [2.75, 3.05) is 27.2 Å². The highest BCUT2D eigenvalue weighted by Crippen LogP contribution is 2.14. The summed E-state index contributed by atoms with van der Waals surface area (Å²) in [5.41, 5.74) is 0. The molecule has 2 amide bonds. The van der Waals surface area contributed by atoms with Crippen LogP contribution < -0.4 is 10.6 Å². The first-order valence-corrected chi connectivity index (χ1v) is 7.41. The Morgan fingerprint density at radius 2 is 1.74 bits per heavy atom. The summed E-state index contributed by atoms with van der Waals surface area (Å²) in [5, 5.41) is 4.69. The van der Waals surface area contributed by atoms with E-state index in [1.54, 1.807) is 14.1 Å². The molecule has 0 heterocycles. The Bertz CT molecular complexity index is 286. The number of hydrogen-bond donors (Lipinski definition) is 2. The lowest BCUT2D eigenvalue weighted by atomic mass is 9.97. The standard InChI is InChI=1S/C14H27N3O2/c1-15-13(18)11-17(2)14(19)10-16-12-8-6-4-3-5-7-9-12/h12,16H,3-11H2,1-2H3,(H,15,18)/p+1. The van der Waals surface area contributed by atoms with Crippen molar-refractivity contribution in [1.29, 1.82) is 0 Å². The highest BCUT2D eigenvalue weighted by atomic mass is 16.2. The van der Waals surface area contributed by atoms with Gasteiger partial charge in [0.05, 0.1) is 12.6 Å². The quantitative estimate of drug-likeness (QED) is 0.731. The fourth-order valence-corrected chi connectivity index (χ4v) is 2.53. The van der Waals surface area contributed by atoms with Crippen LogP contribution in [0.4, 0.5) is 0 Å². The Labute approximate surface area is 116 Å². The van der Waals surface area contributed by atoms with E-state index in [2.05, 4.69) is 10.6 Å². The van der Waals surface area contributed by atoms with Crippen LogP contribution in [0.5, 0.6) is 0 Å². The van der Waals surface area contributed by atoms with E-state index in [0.717, 1.165) is 0 Å². The van der Waals surface area contributed by atoms with Crippen LogP contribution in [0.2, 0.25) is 0 Å². The van der Waals surface area contributed by atoms with Crippen molar-refractivity contribution in [3.63, 3.8) is 0 Å². The molecule has 0 saturated heterocycles. The zero-order valence-electron chi connectivity index (χ0n) is 12.3. The van der Waals surface area contributed by atoms with Crippen molar-refractivity contribution in [3.05, 3.63) is 0 Å². The number of carbonyl (C=O) groups is 2. The number of likely N-dealkylation sites (N-methyl/N-ethyl adjacent to an activating group) is 2. The molecule has 0 aromatic heterocycles. The second kappa shape index (κ2) is 8.91. The van der Waals surface area contributed by atoms with Crippen LogP contribution in [0.25, 0.3) is 0 Å². The summed E-state index contributed by atoms with van der Waals surface area (Å²) in [5.74, 6) is -0.0903. The molecular formula is C14H28N3O2+. The molecule has 0 unspecified atom stereocenters. The average Bonchev–Trinajstić information content (AvgIpc) is 2.36. The van der Waals surface area contributed by atoms with Gasteiger partial charge in [0.1, 0.15) is 0 Å². The van der Waals surface area contributed by atoms with Crippen molar-refractivity contribution in [2.24, 2.45) is 0 Å². The first-order chi connectivity index (χ1) is 9.13. The number of quaternary nitrogens is 1. The van der Waals surface area contributed by atoms with Gasteiger partial charge in [-0.05, 0) is 25.7 Å². The predicted octanol–water partition coefficient (Wildman–Crippen LogP) is -0.133. The van der Waals surface area contributed by atoms with Crippen molar-refractivity contribution >= 4 is 11.8 Å². The summed E-state index contributed by atoms with van der Waals surface area (Å²) in [6, 6.07) is 0.581. The smallest absolute Gasteiger partial charge is 0.277 e. The van der Waals surface area contributed by atoms with Gasteiger partial charge >= 0.3 is 0 Å². The Balaban J connectivity index is 2.25. The number of nitrogens with two attached hydrogens (primary N) is 1. The number of hydrogen-bond acceptors (Lipinski definition) is 2. The summed E-state index contributed by atoms with van der Waals surface area (Å²) in [4.78, 5) is 24.6. The number of amides is 2. The maximum Gasteiger partial charge on any atom is 0.277 e. The molecule has 19 heavy (non-hydrogen) atoms. The van der Waals surface area contributed by atoms with E-state index in [0.29, 0.717) is 12.6 Å². The summed E-state index contributed by atoms with van der Waals surface area (Å²) < 4.78 is 0. The fraction of sp³-hybridized carbons (Fsp3) is 0.857. The van der Waals surface area contributed by atoms with E-state index in [-0.39, 0.29) is 18.4 Å². The second-order valence-corrected chi connectivity index (χ2v) is 5.47. The first-order valence-electron chi connectivity index (χ1n) is 7.41. The van der Waals surface area contributed by atoms with Gasteiger partial charge in [-0.2, -0.15) is 0 Å². The third kappa shape index (κ3) is 6.57. The highest BCUT2D eigenvalue weighted by Gasteiger charge is 2.18. The lowest BCUT2D eigenvalue weighted by Crippen LogP contribution is -2.92. The van der Waals surface area contributed by atoms with Gasteiger partial charge in [0.2, 0.25) is 5.91 Å². The molecule has 3 N–H and O–H groups in total. The molecule has 0 aliphatic heterocycles. The van der Waals surface area contributed by atoms with Gasteiger partial charge in [-0.15, -0.1) is 0 Å². The van der Waals surface area contributed by atoms with Gasteiger partial charge in [0.15, 0.2) is 6.54 Å². The minimum atomic E-state index is -0.123. The molecule has 0 atom stereocenters. The molecule has 110 valence electrons. The van der Waals surface area contributed by atoms with Crippen LogP contribution >= 0.6 is 0 Å². The molecule has 1 saturated carbocycles. The van der Waals surface area contributed by atoms with Gasteiger partial charge in [-0.1, -0.05) is 19.3 Å². The van der Waals surface area contributed by atoms with Gasteiger partial charge < -0.3 is 15.5 Å². The van der Waals surface area contributed by atoms with Gasteiger partial charge in [0.25, 0.3) is 5.91 Å². The molecule has 1 rings (SSSR count). The van der Waals surface area contributed by atoms with E-state index in [1.807, 2.05) is 0 Å². The van der Waals surface area contributed by atoms with Crippen molar-refractivity contribution < 1.29 is 14.9 Å². The van der Waals surface area contributed by atoms with E-state index in [9.17, 15) is 9.59 Å². The van der Waals surface area contributed by atoms with Gasteiger partial charge in [-0.3, -0.25) is 9.59 Å². The second-order valence-electron chi connectivity index (χ2n) is 5.47. The third-order valence-electron chi connectivity index (χ3n) is 3.86. The van der Waals surface area contributed by atoms with Crippen molar-refractivity contribution in [3.8, 4) is 0 Å². The summed E-state index contributed by atoms with van der Waals surface area (Å²) in [7, 11) is 3.27. The van der Waals surface area contributed by atoms with E-state index in [1.165, 1.54) is 49.8 Å². The van der Waals surface area contributed by atoms with Gasteiger partial charge in [0, 0.05) is 14.1 Å². The van der Waals surface area contributed by atoms with Crippen molar-refractivity contribution in [2.45, 2.75) is 51.0 Å². The summed E-state index contributed by atoms with van der Waals surface area (Å²) in [6.07, 6.45) is 9.01. The molecule has 0 aromatic carbocycles. The Morgan fingerprint density at radius 1 is 1.16 bits per heavy atom. The Hall–Kier alpha value is -1.10. The minimum absolute atomic E-state index is 0.0330. The largest absolute Gasteiger partial charge is 0.358 e. The monoisotopic (exact) mass is 270 g/mol. The molecule has 1 aliphatic carbocycles. The van der Waals surface area contributed by atoms with E-state index in [4.69, 9.17) is 0 Å². The van der Waals surface area contributed by atoms with Crippen LogP contribution in [0, 0.1) is 0 Å². The van der Waals surface area contributed by atoms with Crippen LogP contribution in [0.3, 0.4) is 0 Å².